The average Bonchev–Trinajstić information content (AvgIpc) is 2.36. The molecule has 2 aromatic rings. The monoisotopic (exact) mass is 246 g/mol. The van der Waals surface area contributed by atoms with E-state index in [1.165, 1.54) is 12.1 Å². The van der Waals surface area contributed by atoms with Crippen LogP contribution in [0.15, 0.2) is 42.5 Å². The largest absolute Gasteiger partial charge is 0.489 e. The summed E-state index contributed by atoms with van der Waals surface area (Å²) in [6.45, 7) is 2.20. The molecule has 0 unspecified atom stereocenters. The second-order valence-corrected chi connectivity index (χ2v) is 4.23. The fraction of sp³-hybridized carbons (Fsp3) is 0.200. The number of aryl methyl sites for hydroxylation is 1. The molecule has 2 rings (SSSR count). The summed E-state index contributed by atoms with van der Waals surface area (Å²) in [5.41, 5.74) is 2.70. The van der Waals surface area contributed by atoms with Gasteiger partial charge in [0, 0.05) is 6.07 Å². The van der Waals surface area contributed by atoms with Crippen LogP contribution in [0.4, 0.5) is 4.39 Å². The van der Waals surface area contributed by atoms with E-state index in [-0.39, 0.29) is 6.61 Å². The number of ether oxygens (including phenoxy) is 1. The lowest BCUT2D eigenvalue weighted by Gasteiger charge is -2.08. The lowest BCUT2D eigenvalue weighted by atomic mass is 10.1. The molecule has 0 aliphatic heterocycles. The quantitative estimate of drug-likeness (QED) is 0.897. The van der Waals surface area contributed by atoms with Crippen molar-refractivity contribution >= 4 is 0 Å². The molecule has 0 aliphatic rings. The fourth-order valence-corrected chi connectivity index (χ4v) is 1.76. The highest BCUT2D eigenvalue weighted by molar-refractivity contribution is 5.30. The van der Waals surface area contributed by atoms with E-state index < -0.39 is 5.82 Å². The molecule has 2 aromatic carbocycles. The molecule has 0 radical (unpaired) electrons. The predicted molar refractivity (Wildman–Crippen MR) is 67.8 cm³/mol. The van der Waals surface area contributed by atoms with Gasteiger partial charge in [-0.2, -0.15) is 0 Å². The number of hydrogen-bond acceptors (Lipinski definition) is 2. The van der Waals surface area contributed by atoms with E-state index >= 15 is 0 Å². The third-order valence-electron chi connectivity index (χ3n) is 2.60. The normalized spacial score (nSPS) is 10.4. The van der Waals surface area contributed by atoms with Gasteiger partial charge in [0.15, 0.2) is 0 Å². The third-order valence-corrected chi connectivity index (χ3v) is 2.60. The maximum absolute atomic E-state index is 13.2. The second kappa shape index (κ2) is 5.65. The summed E-state index contributed by atoms with van der Waals surface area (Å²) in [7, 11) is 0. The summed E-state index contributed by atoms with van der Waals surface area (Å²) in [4.78, 5) is 0. The van der Waals surface area contributed by atoms with Crippen LogP contribution in [0.25, 0.3) is 0 Å². The first-order valence-electron chi connectivity index (χ1n) is 5.76. The van der Waals surface area contributed by atoms with Crippen LogP contribution in [0.1, 0.15) is 16.7 Å². The Morgan fingerprint density at radius 1 is 1.11 bits per heavy atom. The highest BCUT2D eigenvalue weighted by atomic mass is 19.1. The van der Waals surface area contributed by atoms with E-state index in [0.29, 0.717) is 17.9 Å². The van der Waals surface area contributed by atoms with Gasteiger partial charge in [0.25, 0.3) is 0 Å². The molecule has 3 heteroatoms. The Balaban J connectivity index is 2.08. The standard InChI is InChI=1S/C15H15FO2/c1-11-3-2-4-12(5-11)10-18-15-7-13(9-17)6-14(16)8-15/h2-8,17H,9-10H2,1H3. The molecule has 1 N–H and O–H groups in total. The van der Waals surface area contributed by atoms with E-state index in [9.17, 15) is 4.39 Å². The van der Waals surface area contributed by atoms with Crippen LogP contribution < -0.4 is 4.74 Å². The molecule has 0 fully saturated rings. The van der Waals surface area contributed by atoms with E-state index in [0.717, 1.165) is 11.1 Å². The molecule has 0 aromatic heterocycles. The summed E-state index contributed by atoms with van der Waals surface area (Å²) in [6, 6.07) is 12.2. The van der Waals surface area contributed by atoms with Crippen LogP contribution in [0.3, 0.4) is 0 Å². The average molecular weight is 246 g/mol. The minimum Gasteiger partial charge on any atom is -0.489 e. The second-order valence-electron chi connectivity index (χ2n) is 4.23. The van der Waals surface area contributed by atoms with Crippen LogP contribution in [-0.2, 0) is 13.2 Å². The lowest BCUT2D eigenvalue weighted by Crippen LogP contribution is -1.97. The summed E-state index contributed by atoms with van der Waals surface area (Å²) in [5, 5.41) is 8.99. The van der Waals surface area contributed by atoms with Crippen LogP contribution >= 0.6 is 0 Å². The highest BCUT2D eigenvalue weighted by Crippen LogP contribution is 2.18. The maximum atomic E-state index is 13.2. The van der Waals surface area contributed by atoms with Crippen molar-refractivity contribution in [3.8, 4) is 5.75 Å². The van der Waals surface area contributed by atoms with Gasteiger partial charge in [-0.1, -0.05) is 29.8 Å². The van der Waals surface area contributed by atoms with Gasteiger partial charge in [0.2, 0.25) is 0 Å². The van der Waals surface area contributed by atoms with E-state index in [1.54, 1.807) is 6.07 Å². The number of hydrogen-bond donors (Lipinski definition) is 1. The van der Waals surface area contributed by atoms with E-state index in [2.05, 4.69) is 0 Å². The molecule has 0 bridgehead atoms. The van der Waals surface area contributed by atoms with Gasteiger partial charge in [-0.15, -0.1) is 0 Å². The Labute approximate surface area is 106 Å². The number of aliphatic hydroxyl groups excluding tert-OH is 1. The van der Waals surface area contributed by atoms with Crippen LogP contribution in [0.2, 0.25) is 0 Å². The van der Waals surface area contributed by atoms with Gasteiger partial charge >= 0.3 is 0 Å². The molecule has 18 heavy (non-hydrogen) atoms. The first-order valence-corrected chi connectivity index (χ1v) is 5.76. The van der Waals surface area contributed by atoms with Gasteiger partial charge in [0.1, 0.15) is 18.2 Å². The first-order chi connectivity index (χ1) is 8.67. The van der Waals surface area contributed by atoms with Crippen LogP contribution in [0.5, 0.6) is 5.75 Å². The summed E-state index contributed by atoms with van der Waals surface area (Å²) in [5.74, 6) is 0.0290. The predicted octanol–water partition coefficient (Wildman–Crippen LogP) is 3.21. The molecule has 2 nitrogen and oxygen atoms in total. The lowest BCUT2D eigenvalue weighted by molar-refractivity contribution is 0.276. The summed E-state index contributed by atoms with van der Waals surface area (Å²) >= 11 is 0. The summed E-state index contributed by atoms with van der Waals surface area (Å²) < 4.78 is 18.7. The number of halogens is 1. The zero-order valence-corrected chi connectivity index (χ0v) is 10.2. The van der Waals surface area contributed by atoms with Gasteiger partial charge in [-0.25, -0.2) is 4.39 Å². The molecular formula is C15H15FO2. The summed E-state index contributed by atoms with van der Waals surface area (Å²) in [6.07, 6.45) is 0. The Kier molecular flexibility index (Phi) is 3.95. The molecule has 0 saturated carbocycles. The molecule has 0 spiro atoms. The highest BCUT2D eigenvalue weighted by Gasteiger charge is 2.02. The Morgan fingerprint density at radius 3 is 2.67 bits per heavy atom. The van der Waals surface area contributed by atoms with E-state index in [4.69, 9.17) is 9.84 Å². The fourth-order valence-electron chi connectivity index (χ4n) is 1.76. The topological polar surface area (TPSA) is 29.5 Å². The molecule has 0 heterocycles. The Hall–Kier alpha value is -1.87. The number of rotatable bonds is 4. The minimum atomic E-state index is -0.402. The van der Waals surface area contributed by atoms with Crippen molar-refractivity contribution < 1.29 is 14.2 Å². The zero-order chi connectivity index (χ0) is 13.0. The van der Waals surface area contributed by atoms with Crippen molar-refractivity contribution in [2.24, 2.45) is 0 Å². The van der Waals surface area contributed by atoms with Gasteiger partial charge in [0.05, 0.1) is 6.61 Å². The SMILES string of the molecule is Cc1cccc(COc2cc(F)cc(CO)c2)c1. The molecule has 0 atom stereocenters. The number of benzene rings is 2. The third kappa shape index (κ3) is 3.31. The van der Waals surface area contributed by atoms with Gasteiger partial charge < -0.3 is 9.84 Å². The molecule has 0 saturated heterocycles. The van der Waals surface area contributed by atoms with Crippen molar-refractivity contribution in [1.82, 2.24) is 0 Å². The molecule has 0 amide bonds. The van der Waals surface area contributed by atoms with Crippen molar-refractivity contribution in [3.63, 3.8) is 0 Å². The van der Waals surface area contributed by atoms with Crippen molar-refractivity contribution in [1.29, 1.82) is 0 Å². The minimum absolute atomic E-state index is 0.196. The van der Waals surface area contributed by atoms with Crippen LogP contribution in [-0.4, -0.2) is 5.11 Å². The first kappa shape index (κ1) is 12.6. The smallest absolute Gasteiger partial charge is 0.127 e. The molecule has 94 valence electrons. The molecular weight excluding hydrogens is 231 g/mol. The van der Waals surface area contributed by atoms with Crippen molar-refractivity contribution in [3.05, 3.63) is 65.0 Å². The Morgan fingerprint density at radius 2 is 1.94 bits per heavy atom. The van der Waals surface area contributed by atoms with Gasteiger partial charge in [-0.3, -0.25) is 0 Å². The van der Waals surface area contributed by atoms with E-state index in [1.807, 2.05) is 31.2 Å². The van der Waals surface area contributed by atoms with Crippen molar-refractivity contribution in [2.45, 2.75) is 20.1 Å². The van der Waals surface area contributed by atoms with Crippen molar-refractivity contribution in [2.75, 3.05) is 0 Å². The zero-order valence-electron chi connectivity index (χ0n) is 10.2. The maximum Gasteiger partial charge on any atom is 0.127 e. The Bertz CT molecular complexity index is 538. The van der Waals surface area contributed by atoms with Crippen LogP contribution in [0, 0.1) is 12.7 Å². The molecule has 0 aliphatic carbocycles. The number of aliphatic hydroxyl groups is 1. The van der Waals surface area contributed by atoms with Gasteiger partial charge in [-0.05, 0) is 30.2 Å².